The van der Waals surface area contributed by atoms with E-state index >= 15 is 0 Å². The van der Waals surface area contributed by atoms with Gasteiger partial charge in [-0.1, -0.05) is 13.8 Å². The number of hydrogen-bond acceptors (Lipinski definition) is 2. The van der Waals surface area contributed by atoms with Gasteiger partial charge in [-0.05, 0) is 31.8 Å². The van der Waals surface area contributed by atoms with Crippen LogP contribution in [-0.2, 0) is 4.79 Å². The number of carbonyl (C=O) groups is 1. The summed E-state index contributed by atoms with van der Waals surface area (Å²) in [6.07, 6.45) is 2.35. The second-order valence-electron chi connectivity index (χ2n) is 4.44. The van der Waals surface area contributed by atoms with E-state index in [0.717, 1.165) is 32.1 Å². The highest BCUT2D eigenvalue weighted by Gasteiger charge is 2.21. The first-order valence-corrected chi connectivity index (χ1v) is 6.15. The third-order valence-corrected chi connectivity index (χ3v) is 3.47. The van der Waals surface area contributed by atoms with E-state index in [1.807, 2.05) is 4.90 Å². The van der Waals surface area contributed by atoms with Crippen LogP contribution < -0.4 is 0 Å². The summed E-state index contributed by atoms with van der Waals surface area (Å²) in [5.41, 5.74) is 0. The lowest BCUT2D eigenvalue weighted by Gasteiger charge is -2.33. The van der Waals surface area contributed by atoms with Crippen molar-refractivity contribution in [2.75, 3.05) is 32.7 Å². The highest BCUT2D eigenvalue weighted by atomic mass is 16.2. The Labute approximate surface area is 93.4 Å². The molecule has 0 unspecified atom stereocenters. The van der Waals surface area contributed by atoms with Gasteiger partial charge in [-0.3, -0.25) is 4.79 Å². The van der Waals surface area contributed by atoms with Crippen molar-refractivity contribution in [2.45, 2.75) is 33.6 Å². The predicted octanol–water partition coefficient (Wildman–Crippen LogP) is 1.59. The molecule has 0 atom stereocenters. The minimum Gasteiger partial charge on any atom is -0.343 e. The summed E-state index contributed by atoms with van der Waals surface area (Å²) in [6.45, 7) is 11.5. The fourth-order valence-electron chi connectivity index (χ4n) is 2.28. The van der Waals surface area contributed by atoms with Gasteiger partial charge in [0, 0.05) is 26.6 Å². The first-order valence-electron chi connectivity index (χ1n) is 6.15. The Morgan fingerprint density at radius 1 is 1.27 bits per heavy atom. The maximum Gasteiger partial charge on any atom is 0.219 e. The van der Waals surface area contributed by atoms with Gasteiger partial charge in [-0.15, -0.1) is 0 Å². The van der Waals surface area contributed by atoms with Crippen molar-refractivity contribution in [2.24, 2.45) is 5.92 Å². The number of carbonyl (C=O) groups excluding carboxylic acids is 1. The largest absolute Gasteiger partial charge is 0.343 e. The molecule has 0 N–H and O–H groups in total. The Morgan fingerprint density at radius 2 is 1.80 bits per heavy atom. The van der Waals surface area contributed by atoms with Crippen LogP contribution in [0.15, 0.2) is 0 Å². The van der Waals surface area contributed by atoms with E-state index < -0.39 is 0 Å². The summed E-state index contributed by atoms with van der Waals surface area (Å²) in [4.78, 5) is 15.6. The van der Waals surface area contributed by atoms with Gasteiger partial charge in [0.25, 0.3) is 0 Å². The van der Waals surface area contributed by atoms with Crippen molar-refractivity contribution in [1.82, 2.24) is 9.80 Å². The van der Waals surface area contributed by atoms with E-state index in [4.69, 9.17) is 0 Å². The molecule has 1 aliphatic heterocycles. The molecule has 1 heterocycles. The number of hydrogen-bond donors (Lipinski definition) is 0. The second-order valence-corrected chi connectivity index (χ2v) is 4.44. The highest BCUT2D eigenvalue weighted by Crippen LogP contribution is 2.18. The molecule has 1 fully saturated rings. The van der Waals surface area contributed by atoms with Crippen molar-refractivity contribution in [3.63, 3.8) is 0 Å². The highest BCUT2D eigenvalue weighted by molar-refractivity contribution is 5.73. The van der Waals surface area contributed by atoms with Crippen molar-refractivity contribution < 1.29 is 4.79 Å². The van der Waals surface area contributed by atoms with E-state index in [9.17, 15) is 4.79 Å². The Bertz CT molecular complexity index is 194. The summed E-state index contributed by atoms with van der Waals surface area (Å²) >= 11 is 0. The molecule has 0 aliphatic carbocycles. The number of amides is 1. The molecule has 3 heteroatoms. The molecule has 0 aromatic rings. The van der Waals surface area contributed by atoms with Crippen molar-refractivity contribution in [3.8, 4) is 0 Å². The zero-order chi connectivity index (χ0) is 11.3. The lowest BCUT2D eigenvalue weighted by Crippen LogP contribution is -2.40. The summed E-state index contributed by atoms with van der Waals surface area (Å²) in [6, 6.07) is 0. The van der Waals surface area contributed by atoms with Crippen LogP contribution in [0.3, 0.4) is 0 Å². The molecule has 0 radical (unpaired) electrons. The monoisotopic (exact) mass is 212 g/mol. The molecule has 0 aromatic carbocycles. The maximum atomic E-state index is 11.2. The normalized spacial score (nSPS) is 18.5. The third kappa shape index (κ3) is 3.82. The molecular weight excluding hydrogens is 188 g/mol. The molecule has 1 saturated heterocycles. The Kier molecular flexibility index (Phi) is 5.09. The van der Waals surface area contributed by atoms with Gasteiger partial charge in [-0.2, -0.15) is 0 Å². The second kappa shape index (κ2) is 6.11. The molecule has 0 spiro atoms. The zero-order valence-corrected chi connectivity index (χ0v) is 10.3. The van der Waals surface area contributed by atoms with E-state index in [0.29, 0.717) is 0 Å². The van der Waals surface area contributed by atoms with Crippen LogP contribution in [0.4, 0.5) is 0 Å². The molecule has 1 amide bonds. The van der Waals surface area contributed by atoms with Crippen LogP contribution in [0, 0.1) is 5.92 Å². The maximum absolute atomic E-state index is 11.2. The van der Waals surface area contributed by atoms with Crippen LogP contribution in [-0.4, -0.2) is 48.4 Å². The van der Waals surface area contributed by atoms with Gasteiger partial charge in [0.2, 0.25) is 5.91 Å². The lowest BCUT2D eigenvalue weighted by atomic mass is 9.96. The Morgan fingerprint density at radius 3 is 2.20 bits per heavy atom. The molecule has 1 rings (SSSR count). The van der Waals surface area contributed by atoms with Crippen LogP contribution in [0.5, 0.6) is 0 Å². The zero-order valence-electron chi connectivity index (χ0n) is 10.3. The summed E-state index contributed by atoms with van der Waals surface area (Å²) in [5.74, 6) is 1.02. The third-order valence-electron chi connectivity index (χ3n) is 3.47. The van der Waals surface area contributed by atoms with E-state index in [1.54, 1.807) is 6.92 Å². The molecule has 3 nitrogen and oxygen atoms in total. The van der Waals surface area contributed by atoms with Crippen LogP contribution in [0.2, 0.25) is 0 Å². The van der Waals surface area contributed by atoms with Crippen LogP contribution in [0.25, 0.3) is 0 Å². The van der Waals surface area contributed by atoms with Crippen molar-refractivity contribution >= 4 is 5.91 Å². The summed E-state index contributed by atoms with van der Waals surface area (Å²) in [7, 11) is 0. The molecule has 1 aliphatic rings. The van der Waals surface area contributed by atoms with Gasteiger partial charge >= 0.3 is 0 Å². The molecule has 0 aromatic heterocycles. The molecular formula is C12H24N2O. The van der Waals surface area contributed by atoms with Gasteiger partial charge in [0.1, 0.15) is 0 Å². The van der Waals surface area contributed by atoms with E-state index in [-0.39, 0.29) is 5.91 Å². The minimum atomic E-state index is 0.233. The van der Waals surface area contributed by atoms with Crippen LogP contribution in [0.1, 0.15) is 33.6 Å². The van der Waals surface area contributed by atoms with Crippen molar-refractivity contribution in [1.29, 1.82) is 0 Å². The average Bonchev–Trinajstić information content (AvgIpc) is 2.26. The lowest BCUT2D eigenvalue weighted by molar-refractivity contribution is -0.130. The van der Waals surface area contributed by atoms with Crippen molar-refractivity contribution in [3.05, 3.63) is 0 Å². The first kappa shape index (κ1) is 12.5. The average molecular weight is 212 g/mol. The number of piperidine rings is 1. The van der Waals surface area contributed by atoms with Gasteiger partial charge in [0.15, 0.2) is 0 Å². The first-order chi connectivity index (χ1) is 7.17. The van der Waals surface area contributed by atoms with Crippen LogP contribution >= 0.6 is 0 Å². The smallest absolute Gasteiger partial charge is 0.219 e. The molecule has 0 bridgehead atoms. The summed E-state index contributed by atoms with van der Waals surface area (Å²) in [5, 5.41) is 0. The summed E-state index contributed by atoms with van der Waals surface area (Å²) < 4.78 is 0. The van der Waals surface area contributed by atoms with E-state index in [1.165, 1.54) is 19.4 Å². The van der Waals surface area contributed by atoms with E-state index in [2.05, 4.69) is 18.7 Å². The minimum absolute atomic E-state index is 0.233. The fraction of sp³-hybridized carbons (Fsp3) is 0.917. The number of nitrogens with zero attached hydrogens (tertiary/aromatic N) is 2. The van der Waals surface area contributed by atoms with Gasteiger partial charge in [-0.25, -0.2) is 0 Å². The fourth-order valence-corrected chi connectivity index (χ4v) is 2.28. The van der Waals surface area contributed by atoms with Gasteiger partial charge < -0.3 is 9.80 Å². The number of likely N-dealkylation sites (tertiary alicyclic amines) is 1. The molecule has 0 saturated carbocycles. The Hall–Kier alpha value is -0.570. The topological polar surface area (TPSA) is 23.6 Å². The van der Waals surface area contributed by atoms with Gasteiger partial charge in [0.05, 0.1) is 0 Å². The predicted molar refractivity (Wildman–Crippen MR) is 62.8 cm³/mol. The number of rotatable bonds is 4. The SMILES string of the molecule is CCN(CC)CC1CCN(C(C)=O)CC1. The molecule has 15 heavy (non-hydrogen) atoms. The standard InChI is InChI=1S/C12H24N2O/c1-4-13(5-2)10-12-6-8-14(9-7-12)11(3)15/h12H,4-10H2,1-3H3. The quantitative estimate of drug-likeness (QED) is 0.706. The Balaban J connectivity index is 2.28. The molecule has 88 valence electrons.